The van der Waals surface area contributed by atoms with E-state index in [1.54, 1.807) is 4.90 Å². The van der Waals surface area contributed by atoms with Gasteiger partial charge in [0.25, 0.3) is 0 Å². The van der Waals surface area contributed by atoms with Crippen LogP contribution < -0.4 is 0 Å². The van der Waals surface area contributed by atoms with Crippen LogP contribution in [0.2, 0.25) is 0 Å². The maximum Gasteiger partial charge on any atom is 0.306 e. The van der Waals surface area contributed by atoms with Crippen molar-refractivity contribution < 1.29 is 14.7 Å². The molecule has 2 rings (SSSR count). The molecule has 1 N–H and O–H groups in total. The highest BCUT2D eigenvalue weighted by Gasteiger charge is 2.33. The molecule has 1 fully saturated rings. The number of benzene rings is 1. The molecule has 3 atom stereocenters. The van der Waals surface area contributed by atoms with Gasteiger partial charge in [-0.15, -0.1) is 0 Å². The van der Waals surface area contributed by atoms with Crippen molar-refractivity contribution in [1.29, 1.82) is 0 Å². The first-order valence-electron chi connectivity index (χ1n) is 7.96. The summed E-state index contributed by atoms with van der Waals surface area (Å²) in [6.45, 7) is 4.05. The number of carboxylic acids is 1. The first kappa shape index (κ1) is 16.5. The average Bonchev–Trinajstić information content (AvgIpc) is 2.53. The second kappa shape index (κ2) is 6.95. The summed E-state index contributed by atoms with van der Waals surface area (Å²) in [6.07, 6.45) is 2.78. The number of rotatable bonds is 4. The second-order valence-corrected chi connectivity index (χ2v) is 6.43. The Morgan fingerprint density at radius 2 is 1.77 bits per heavy atom. The third-order valence-corrected chi connectivity index (χ3v) is 4.86. The van der Waals surface area contributed by atoms with Gasteiger partial charge >= 0.3 is 5.97 Å². The van der Waals surface area contributed by atoms with Gasteiger partial charge in [-0.3, -0.25) is 9.59 Å². The summed E-state index contributed by atoms with van der Waals surface area (Å²) in [7, 11) is 1.82. The van der Waals surface area contributed by atoms with Crippen LogP contribution in [0.4, 0.5) is 0 Å². The minimum absolute atomic E-state index is 0.00157. The van der Waals surface area contributed by atoms with E-state index < -0.39 is 5.97 Å². The van der Waals surface area contributed by atoms with Gasteiger partial charge < -0.3 is 10.0 Å². The molecule has 1 aromatic rings. The molecule has 0 bridgehead atoms. The van der Waals surface area contributed by atoms with E-state index in [2.05, 4.69) is 0 Å². The lowest BCUT2D eigenvalue weighted by Crippen LogP contribution is -2.38. The highest BCUT2D eigenvalue weighted by molar-refractivity contribution is 5.80. The Hall–Kier alpha value is -1.84. The van der Waals surface area contributed by atoms with Crippen LogP contribution in [0, 0.1) is 18.8 Å². The smallest absolute Gasteiger partial charge is 0.306 e. The minimum Gasteiger partial charge on any atom is -0.481 e. The first-order valence-corrected chi connectivity index (χ1v) is 7.96. The lowest BCUT2D eigenvalue weighted by molar-refractivity contribution is -0.145. The molecule has 1 aromatic carbocycles. The first-order chi connectivity index (χ1) is 10.4. The molecule has 1 aliphatic carbocycles. The number of aliphatic carboxylic acids is 1. The van der Waals surface area contributed by atoms with Crippen LogP contribution in [0.5, 0.6) is 0 Å². The number of amides is 1. The third-order valence-electron chi connectivity index (χ3n) is 4.86. The summed E-state index contributed by atoms with van der Waals surface area (Å²) < 4.78 is 0. The van der Waals surface area contributed by atoms with Crippen molar-refractivity contribution in [3.8, 4) is 0 Å². The van der Waals surface area contributed by atoms with E-state index >= 15 is 0 Å². The number of carboxylic acid groups (broad SMARTS) is 1. The van der Waals surface area contributed by atoms with Crippen molar-refractivity contribution in [2.45, 2.75) is 45.6 Å². The lowest BCUT2D eigenvalue weighted by Gasteiger charge is -2.32. The summed E-state index contributed by atoms with van der Waals surface area (Å²) in [5.74, 6) is -1.23. The summed E-state index contributed by atoms with van der Waals surface area (Å²) in [6, 6.07) is 8.18. The zero-order valence-electron chi connectivity index (χ0n) is 13.6. The van der Waals surface area contributed by atoms with Gasteiger partial charge in [0.05, 0.1) is 12.0 Å². The molecule has 22 heavy (non-hydrogen) atoms. The summed E-state index contributed by atoms with van der Waals surface area (Å²) in [4.78, 5) is 25.6. The molecule has 0 spiro atoms. The molecule has 3 unspecified atom stereocenters. The van der Waals surface area contributed by atoms with E-state index in [1.807, 2.05) is 45.2 Å². The predicted molar refractivity (Wildman–Crippen MR) is 85.4 cm³/mol. The molecule has 1 amide bonds. The maximum atomic E-state index is 12.7. The van der Waals surface area contributed by atoms with Crippen LogP contribution >= 0.6 is 0 Å². The second-order valence-electron chi connectivity index (χ2n) is 6.43. The van der Waals surface area contributed by atoms with Crippen LogP contribution in [0.15, 0.2) is 24.3 Å². The summed E-state index contributed by atoms with van der Waals surface area (Å²) in [5, 5.41) is 9.16. The Bertz CT molecular complexity index is 538. The number of carbonyl (C=O) groups is 2. The quantitative estimate of drug-likeness (QED) is 0.927. The van der Waals surface area contributed by atoms with Gasteiger partial charge in [-0.1, -0.05) is 36.2 Å². The van der Waals surface area contributed by atoms with E-state index in [0.29, 0.717) is 12.8 Å². The molecule has 0 aliphatic heterocycles. The van der Waals surface area contributed by atoms with Gasteiger partial charge in [-0.05, 0) is 38.7 Å². The molecular formula is C18H25NO3. The Morgan fingerprint density at radius 3 is 2.36 bits per heavy atom. The van der Waals surface area contributed by atoms with Crippen LogP contribution in [-0.4, -0.2) is 28.9 Å². The van der Waals surface area contributed by atoms with E-state index in [9.17, 15) is 9.59 Å². The van der Waals surface area contributed by atoms with E-state index in [4.69, 9.17) is 5.11 Å². The topological polar surface area (TPSA) is 57.6 Å². The van der Waals surface area contributed by atoms with Crippen LogP contribution in [0.1, 0.15) is 49.8 Å². The summed E-state index contributed by atoms with van der Waals surface area (Å²) >= 11 is 0. The molecule has 0 saturated heterocycles. The predicted octanol–water partition coefficient (Wildman–Crippen LogP) is 3.41. The molecule has 1 aliphatic rings. The van der Waals surface area contributed by atoms with Gasteiger partial charge in [0, 0.05) is 13.0 Å². The molecule has 4 heteroatoms. The molecule has 4 nitrogen and oxygen atoms in total. The van der Waals surface area contributed by atoms with Crippen molar-refractivity contribution in [2.75, 3.05) is 7.05 Å². The Balaban J connectivity index is 2.04. The summed E-state index contributed by atoms with van der Waals surface area (Å²) in [5.41, 5.74) is 2.30. The zero-order chi connectivity index (χ0) is 16.3. The van der Waals surface area contributed by atoms with Gasteiger partial charge in [0.15, 0.2) is 0 Å². The average molecular weight is 303 g/mol. The number of hydrogen-bond donors (Lipinski definition) is 1. The van der Waals surface area contributed by atoms with Gasteiger partial charge in [-0.25, -0.2) is 0 Å². The number of hydrogen-bond acceptors (Lipinski definition) is 2. The van der Waals surface area contributed by atoms with Gasteiger partial charge in [0.1, 0.15) is 0 Å². The van der Waals surface area contributed by atoms with Crippen molar-refractivity contribution in [3.05, 3.63) is 35.4 Å². The van der Waals surface area contributed by atoms with Gasteiger partial charge in [0.2, 0.25) is 5.91 Å². The number of aryl methyl sites for hydroxylation is 1. The normalized spacial score (nSPS) is 22.9. The van der Waals surface area contributed by atoms with E-state index in [0.717, 1.165) is 18.4 Å². The Morgan fingerprint density at radius 1 is 1.18 bits per heavy atom. The van der Waals surface area contributed by atoms with E-state index in [1.165, 1.54) is 5.56 Å². The SMILES string of the molecule is Cc1ccc(C(C)N(C)C(=O)C2CCCC(C(=O)O)C2)cc1. The van der Waals surface area contributed by atoms with Crippen molar-refractivity contribution in [1.82, 2.24) is 4.90 Å². The molecule has 0 heterocycles. The highest BCUT2D eigenvalue weighted by atomic mass is 16.4. The van der Waals surface area contributed by atoms with Crippen molar-refractivity contribution in [2.24, 2.45) is 11.8 Å². The molecule has 0 radical (unpaired) electrons. The third kappa shape index (κ3) is 3.67. The molecule has 1 saturated carbocycles. The number of nitrogens with zero attached hydrogens (tertiary/aromatic N) is 1. The fourth-order valence-electron chi connectivity index (χ4n) is 3.19. The standard InChI is InChI=1S/C18H25NO3/c1-12-7-9-14(10-8-12)13(2)19(3)17(20)15-5-4-6-16(11-15)18(21)22/h7-10,13,15-16H,4-6,11H2,1-3H3,(H,21,22). The largest absolute Gasteiger partial charge is 0.481 e. The molecule has 120 valence electrons. The van der Waals surface area contributed by atoms with Crippen molar-refractivity contribution >= 4 is 11.9 Å². The maximum absolute atomic E-state index is 12.7. The lowest BCUT2D eigenvalue weighted by atomic mass is 9.80. The fourth-order valence-corrected chi connectivity index (χ4v) is 3.19. The van der Waals surface area contributed by atoms with Crippen LogP contribution in [-0.2, 0) is 9.59 Å². The molecule has 0 aromatic heterocycles. The van der Waals surface area contributed by atoms with Crippen LogP contribution in [0.25, 0.3) is 0 Å². The monoisotopic (exact) mass is 303 g/mol. The Labute approximate surface area is 132 Å². The van der Waals surface area contributed by atoms with Crippen molar-refractivity contribution in [3.63, 3.8) is 0 Å². The zero-order valence-corrected chi connectivity index (χ0v) is 13.6. The fraction of sp³-hybridized carbons (Fsp3) is 0.556. The Kier molecular flexibility index (Phi) is 5.22. The minimum atomic E-state index is -0.772. The highest BCUT2D eigenvalue weighted by Crippen LogP contribution is 2.32. The van der Waals surface area contributed by atoms with Gasteiger partial charge in [-0.2, -0.15) is 0 Å². The van der Waals surface area contributed by atoms with Crippen LogP contribution in [0.3, 0.4) is 0 Å². The van der Waals surface area contributed by atoms with E-state index in [-0.39, 0.29) is 23.8 Å². The number of carbonyl (C=O) groups excluding carboxylic acids is 1. The molecular weight excluding hydrogens is 278 g/mol.